The van der Waals surface area contributed by atoms with E-state index in [-0.39, 0.29) is 28.8 Å². The van der Waals surface area contributed by atoms with E-state index < -0.39 is 12.1 Å². The maximum atomic E-state index is 12.9. The predicted molar refractivity (Wildman–Crippen MR) is 164 cm³/mol. The van der Waals surface area contributed by atoms with Crippen molar-refractivity contribution in [3.63, 3.8) is 0 Å². The summed E-state index contributed by atoms with van der Waals surface area (Å²) >= 11 is 0. The largest absolute Gasteiger partial charge is 0.323 e. The van der Waals surface area contributed by atoms with Gasteiger partial charge >= 0.3 is 12.1 Å². The number of nitrogens with one attached hydrogen (secondary N) is 5. The fraction of sp³-hybridized carbons (Fsp3) is 0.0938. The van der Waals surface area contributed by atoms with Crippen molar-refractivity contribution < 1.29 is 24.0 Å². The molecule has 0 aliphatic rings. The third kappa shape index (κ3) is 7.89. The van der Waals surface area contributed by atoms with Crippen LogP contribution >= 0.6 is 0 Å². The van der Waals surface area contributed by atoms with Gasteiger partial charge in [0.15, 0.2) is 11.6 Å². The predicted octanol–water partition coefficient (Wildman–Crippen LogP) is 6.94. The van der Waals surface area contributed by atoms with Crippen LogP contribution in [0.3, 0.4) is 0 Å². The molecule has 0 atom stereocenters. The molecule has 0 aromatic heterocycles. The quantitative estimate of drug-likeness (QED) is 0.147. The fourth-order valence-electron chi connectivity index (χ4n) is 3.89. The molecule has 212 valence electrons. The van der Waals surface area contributed by atoms with Gasteiger partial charge in [0.1, 0.15) is 0 Å². The minimum atomic E-state index is -0.615. The number of aryl methyl sites for hydroxylation is 1. The van der Waals surface area contributed by atoms with Crippen molar-refractivity contribution in [1.82, 2.24) is 0 Å². The monoisotopic (exact) mass is 563 g/mol. The van der Waals surface area contributed by atoms with E-state index in [4.69, 9.17) is 0 Å². The maximum absolute atomic E-state index is 12.9. The van der Waals surface area contributed by atoms with Crippen LogP contribution in [0.2, 0.25) is 0 Å². The van der Waals surface area contributed by atoms with Gasteiger partial charge in [0.25, 0.3) is 5.91 Å². The first kappa shape index (κ1) is 29.2. The van der Waals surface area contributed by atoms with Crippen molar-refractivity contribution in [2.45, 2.75) is 20.8 Å². The smallest absolute Gasteiger partial charge is 0.322 e. The SMILES string of the molecule is CC(=O)c1ccc(NC(=O)Nc2ccc(NC(=O)c3ccc(C)cc3)cc2NC(=O)Nc2ccc(C(C)=O)cc2)cc1. The molecule has 4 aromatic rings. The summed E-state index contributed by atoms with van der Waals surface area (Å²) in [5.41, 5.74) is 4.24. The molecule has 10 heteroatoms. The molecule has 0 spiro atoms. The van der Waals surface area contributed by atoms with E-state index in [9.17, 15) is 24.0 Å². The molecule has 0 aliphatic heterocycles. The van der Waals surface area contributed by atoms with E-state index in [0.717, 1.165) is 5.56 Å². The minimum Gasteiger partial charge on any atom is -0.322 e. The molecule has 5 amide bonds. The van der Waals surface area contributed by atoms with Gasteiger partial charge in [-0.15, -0.1) is 0 Å². The normalized spacial score (nSPS) is 10.3. The number of rotatable bonds is 8. The second-order valence-corrected chi connectivity index (χ2v) is 9.51. The average Bonchev–Trinajstić information content (AvgIpc) is 2.95. The Balaban J connectivity index is 1.52. The van der Waals surface area contributed by atoms with Crippen LogP contribution in [-0.4, -0.2) is 29.5 Å². The summed E-state index contributed by atoms with van der Waals surface area (Å²) in [6, 6.07) is 23.3. The minimum absolute atomic E-state index is 0.0932. The number of carbonyl (C=O) groups excluding carboxylic acids is 5. The standard InChI is InChI=1S/C32H29N5O5/c1-19-4-6-24(7-5-19)30(40)33-27-16-17-28(36-31(41)34-25-12-8-22(9-13-25)20(2)38)29(18-27)37-32(42)35-26-14-10-23(11-15-26)21(3)39/h4-18H,1-3H3,(H,33,40)(H2,34,36,41)(H2,35,37,42). The summed E-state index contributed by atoms with van der Waals surface area (Å²) in [4.78, 5) is 61.5. The van der Waals surface area contributed by atoms with Crippen LogP contribution in [0, 0.1) is 6.92 Å². The molecule has 10 nitrogen and oxygen atoms in total. The van der Waals surface area contributed by atoms with Gasteiger partial charge in [0, 0.05) is 33.8 Å². The molecule has 0 unspecified atom stereocenters. The first-order chi connectivity index (χ1) is 20.1. The highest BCUT2D eigenvalue weighted by Crippen LogP contribution is 2.27. The number of anilines is 5. The molecule has 4 aromatic carbocycles. The Morgan fingerprint density at radius 1 is 0.452 bits per heavy atom. The lowest BCUT2D eigenvalue weighted by atomic mass is 10.1. The Labute approximate surface area is 242 Å². The number of ketones is 2. The van der Waals surface area contributed by atoms with Gasteiger partial charge in [-0.25, -0.2) is 9.59 Å². The lowest BCUT2D eigenvalue weighted by Crippen LogP contribution is -2.23. The maximum Gasteiger partial charge on any atom is 0.323 e. The molecule has 0 bridgehead atoms. The van der Waals surface area contributed by atoms with Gasteiger partial charge in [-0.3, -0.25) is 14.4 Å². The Morgan fingerprint density at radius 2 is 0.881 bits per heavy atom. The van der Waals surface area contributed by atoms with E-state index >= 15 is 0 Å². The Hall–Kier alpha value is -5.77. The molecule has 42 heavy (non-hydrogen) atoms. The van der Waals surface area contributed by atoms with Crippen LogP contribution in [0.1, 0.15) is 50.5 Å². The number of amides is 5. The number of hydrogen-bond donors (Lipinski definition) is 5. The Kier molecular flexibility index (Phi) is 9.08. The first-order valence-corrected chi connectivity index (χ1v) is 13.0. The van der Waals surface area contributed by atoms with Crippen molar-refractivity contribution >= 4 is 58.0 Å². The van der Waals surface area contributed by atoms with Crippen molar-refractivity contribution in [2.75, 3.05) is 26.6 Å². The summed E-state index contributed by atoms with van der Waals surface area (Å²) < 4.78 is 0. The summed E-state index contributed by atoms with van der Waals surface area (Å²) in [7, 11) is 0. The number of urea groups is 2. The molecule has 0 saturated heterocycles. The summed E-state index contributed by atoms with van der Waals surface area (Å²) in [6.07, 6.45) is 0. The highest BCUT2D eigenvalue weighted by Gasteiger charge is 2.14. The third-order valence-corrected chi connectivity index (χ3v) is 6.19. The lowest BCUT2D eigenvalue weighted by Gasteiger charge is -2.16. The van der Waals surface area contributed by atoms with Crippen LogP contribution in [0.25, 0.3) is 0 Å². The Bertz CT molecular complexity index is 1650. The second-order valence-electron chi connectivity index (χ2n) is 9.51. The van der Waals surface area contributed by atoms with Gasteiger partial charge in [-0.05, 0) is 99.6 Å². The fourth-order valence-corrected chi connectivity index (χ4v) is 3.89. The van der Waals surface area contributed by atoms with Gasteiger partial charge in [-0.1, -0.05) is 17.7 Å². The van der Waals surface area contributed by atoms with E-state index in [1.807, 2.05) is 19.1 Å². The zero-order valence-electron chi connectivity index (χ0n) is 23.2. The van der Waals surface area contributed by atoms with Gasteiger partial charge < -0.3 is 26.6 Å². The average molecular weight is 564 g/mol. The third-order valence-electron chi connectivity index (χ3n) is 6.19. The molecule has 0 heterocycles. The zero-order chi connectivity index (χ0) is 30.2. The van der Waals surface area contributed by atoms with E-state index in [1.54, 1.807) is 72.8 Å². The summed E-state index contributed by atoms with van der Waals surface area (Å²) in [5, 5.41) is 13.5. The zero-order valence-corrected chi connectivity index (χ0v) is 23.2. The molecule has 0 fully saturated rings. The van der Waals surface area contributed by atoms with Crippen LogP contribution in [-0.2, 0) is 0 Å². The molecule has 0 saturated carbocycles. The topological polar surface area (TPSA) is 146 Å². The number of Topliss-reactive ketones (excluding diaryl/α,β-unsaturated/α-hetero) is 2. The molecule has 5 N–H and O–H groups in total. The molecule has 0 aliphatic carbocycles. The molecular formula is C32H29N5O5. The van der Waals surface area contributed by atoms with Gasteiger partial charge in [0.05, 0.1) is 11.4 Å². The number of carbonyl (C=O) groups is 5. The number of benzene rings is 4. The van der Waals surface area contributed by atoms with Crippen molar-refractivity contribution in [2.24, 2.45) is 0 Å². The van der Waals surface area contributed by atoms with Gasteiger partial charge in [0.2, 0.25) is 0 Å². The molecule has 4 rings (SSSR count). The van der Waals surface area contributed by atoms with Gasteiger partial charge in [-0.2, -0.15) is 0 Å². The van der Waals surface area contributed by atoms with Crippen LogP contribution < -0.4 is 26.6 Å². The first-order valence-electron chi connectivity index (χ1n) is 13.0. The molecular weight excluding hydrogens is 534 g/mol. The highest BCUT2D eigenvalue weighted by molar-refractivity contribution is 6.09. The van der Waals surface area contributed by atoms with Crippen LogP contribution in [0.5, 0.6) is 0 Å². The summed E-state index contributed by atoms with van der Waals surface area (Å²) in [5.74, 6) is -0.535. The van der Waals surface area contributed by atoms with E-state index in [2.05, 4.69) is 26.6 Å². The van der Waals surface area contributed by atoms with E-state index in [0.29, 0.717) is 33.8 Å². The number of hydrogen-bond acceptors (Lipinski definition) is 5. The van der Waals surface area contributed by atoms with Crippen molar-refractivity contribution in [3.8, 4) is 0 Å². The lowest BCUT2D eigenvalue weighted by molar-refractivity contribution is 0.100. The Morgan fingerprint density at radius 3 is 1.36 bits per heavy atom. The van der Waals surface area contributed by atoms with Crippen LogP contribution in [0.15, 0.2) is 91.0 Å². The van der Waals surface area contributed by atoms with Crippen LogP contribution in [0.4, 0.5) is 38.0 Å². The van der Waals surface area contributed by atoms with E-state index in [1.165, 1.54) is 19.9 Å². The second kappa shape index (κ2) is 13.1. The molecule has 0 radical (unpaired) electrons. The van der Waals surface area contributed by atoms with Crippen molar-refractivity contribution in [3.05, 3.63) is 113 Å². The summed E-state index contributed by atoms with van der Waals surface area (Å²) in [6.45, 7) is 4.82. The van der Waals surface area contributed by atoms with Crippen molar-refractivity contribution in [1.29, 1.82) is 0 Å². The highest BCUT2D eigenvalue weighted by atomic mass is 16.2.